The van der Waals surface area contributed by atoms with E-state index in [2.05, 4.69) is 4.99 Å². The molecule has 108 valence electrons. The van der Waals surface area contributed by atoms with Crippen LogP contribution < -0.4 is 10.5 Å². The number of furan rings is 1. The van der Waals surface area contributed by atoms with Gasteiger partial charge in [-0.1, -0.05) is 12.1 Å². The summed E-state index contributed by atoms with van der Waals surface area (Å²) in [7, 11) is 1.64. The standard InChI is InChI=1S/C15H21N3O2/c1-4-18(5-2)15(16)17-10-13-14(19-3)11-8-6-7-9-12(11)20-13/h6-9H,4-5,10H2,1-3H3,(H2,16,17). The van der Waals surface area contributed by atoms with Crippen LogP contribution in [0.15, 0.2) is 33.7 Å². The topological polar surface area (TPSA) is 64.0 Å². The Labute approximate surface area is 119 Å². The van der Waals surface area contributed by atoms with Crippen LogP contribution in [0, 0.1) is 0 Å². The second-order valence-electron chi connectivity index (χ2n) is 4.40. The zero-order chi connectivity index (χ0) is 14.5. The van der Waals surface area contributed by atoms with E-state index in [4.69, 9.17) is 14.9 Å². The molecule has 0 bridgehead atoms. The number of hydrogen-bond acceptors (Lipinski definition) is 3. The molecule has 0 spiro atoms. The first-order chi connectivity index (χ1) is 9.71. The van der Waals surface area contributed by atoms with Gasteiger partial charge in [-0.05, 0) is 26.0 Å². The lowest BCUT2D eigenvalue weighted by Crippen LogP contribution is -2.37. The summed E-state index contributed by atoms with van der Waals surface area (Å²) in [6, 6.07) is 7.78. The summed E-state index contributed by atoms with van der Waals surface area (Å²) in [4.78, 5) is 6.38. The number of fused-ring (bicyclic) bond motifs is 1. The Balaban J connectivity index is 2.27. The molecule has 0 aliphatic carbocycles. The van der Waals surface area contributed by atoms with E-state index < -0.39 is 0 Å². The van der Waals surface area contributed by atoms with Crippen molar-refractivity contribution in [1.82, 2.24) is 4.90 Å². The molecular formula is C15H21N3O2. The summed E-state index contributed by atoms with van der Waals surface area (Å²) < 4.78 is 11.2. The molecule has 2 aromatic rings. The van der Waals surface area contributed by atoms with E-state index in [-0.39, 0.29) is 0 Å². The molecule has 0 fully saturated rings. The SMILES string of the molecule is CCN(CC)C(N)=NCc1oc2ccccc2c1OC. The lowest BCUT2D eigenvalue weighted by atomic mass is 10.2. The van der Waals surface area contributed by atoms with Crippen molar-refractivity contribution in [1.29, 1.82) is 0 Å². The van der Waals surface area contributed by atoms with Crippen molar-refractivity contribution in [2.24, 2.45) is 10.7 Å². The zero-order valence-corrected chi connectivity index (χ0v) is 12.2. The molecule has 20 heavy (non-hydrogen) atoms. The monoisotopic (exact) mass is 275 g/mol. The van der Waals surface area contributed by atoms with Gasteiger partial charge < -0.3 is 19.8 Å². The fourth-order valence-electron chi connectivity index (χ4n) is 2.20. The van der Waals surface area contributed by atoms with Gasteiger partial charge in [-0.15, -0.1) is 0 Å². The Hall–Kier alpha value is -2.17. The summed E-state index contributed by atoms with van der Waals surface area (Å²) in [5, 5.41) is 0.960. The predicted octanol–water partition coefficient (Wildman–Crippen LogP) is 2.60. The highest BCUT2D eigenvalue weighted by atomic mass is 16.5. The molecule has 1 heterocycles. The number of aliphatic imine (C=N–C) groups is 1. The van der Waals surface area contributed by atoms with Crippen molar-refractivity contribution in [3.63, 3.8) is 0 Å². The highest BCUT2D eigenvalue weighted by molar-refractivity contribution is 5.85. The number of benzene rings is 1. The van der Waals surface area contributed by atoms with Crippen molar-refractivity contribution < 1.29 is 9.15 Å². The molecule has 0 aliphatic heterocycles. The molecule has 5 nitrogen and oxygen atoms in total. The van der Waals surface area contributed by atoms with Gasteiger partial charge in [-0.2, -0.15) is 0 Å². The zero-order valence-electron chi connectivity index (χ0n) is 12.2. The lowest BCUT2D eigenvalue weighted by molar-refractivity contribution is 0.396. The maximum absolute atomic E-state index is 5.97. The van der Waals surface area contributed by atoms with Gasteiger partial charge in [-0.25, -0.2) is 4.99 Å². The number of rotatable bonds is 5. The van der Waals surface area contributed by atoms with Gasteiger partial charge in [-0.3, -0.25) is 0 Å². The Morgan fingerprint density at radius 1 is 1.30 bits per heavy atom. The second kappa shape index (κ2) is 6.32. The van der Waals surface area contributed by atoms with Crippen LogP contribution in [0.3, 0.4) is 0 Å². The number of ether oxygens (including phenoxy) is 1. The minimum atomic E-state index is 0.375. The van der Waals surface area contributed by atoms with Crippen LogP contribution in [-0.4, -0.2) is 31.1 Å². The molecular weight excluding hydrogens is 254 g/mol. The van der Waals surface area contributed by atoms with Crippen LogP contribution >= 0.6 is 0 Å². The highest BCUT2D eigenvalue weighted by Crippen LogP contribution is 2.33. The summed E-state index contributed by atoms with van der Waals surface area (Å²) >= 11 is 0. The minimum absolute atomic E-state index is 0.375. The summed E-state index contributed by atoms with van der Waals surface area (Å²) in [6.07, 6.45) is 0. The van der Waals surface area contributed by atoms with Crippen molar-refractivity contribution in [3.8, 4) is 5.75 Å². The number of methoxy groups -OCH3 is 1. The smallest absolute Gasteiger partial charge is 0.191 e. The van der Waals surface area contributed by atoms with Gasteiger partial charge in [0.2, 0.25) is 0 Å². The van der Waals surface area contributed by atoms with Gasteiger partial charge in [0.1, 0.15) is 12.1 Å². The first-order valence-electron chi connectivity index (χ1n) is 6.80. The van der Waals surface area contributed by atoms with E-state index in [0.717, 1.165) is 29.8 Å². The van der Waals surface area contributed by atoms with E-state index in [1.54, 1.807) is 7.11 Å². The number of hydrogen-bond donors (Lipinski definition) is 1. The fourth-order valence-corrected chi connectivity index (χ4v) is 2.20. The van der Waals surface area contributed by atoms with Crippen LogP contribution in [0.1, 0.15) is 19.6 Å². The summed E-state index contributed by atoms with van der Waals surface area (Å²) in [6.45, 7) is 6.15. The van der Waals surface area contributed by atoms with Gasteiger partial charge in [0, 0.05) is 13.1 Å². The molecule has 0 radical (unpaired) electrons. The van der Waals surface area contributed by atoms with Crippen LogP contribution in [0.2, 0.25) is 0 Å². The minimum Gasteiger partial charge on any atom is -0.492 e. The average Bonchev–Trinajstić information content (AvgIpc) is 2.83. The van der Waals surface area contributed by atoms with Crippen molar-refractivity contribution in [2.45, 2.75) is 20.4 Å². The molecule has 1 aromatic heterocycles. The van der Waals surface area contributed by atoms with Gasteiger partial charge in [0.25, 0.3) is 0 Å². The third-order valence-corrected chi connectivity index (χ3v) is 3.29. The molecule has 1 aromatic carbocycles. The quantitative estimate of drug-likeness (QED) is 0.673. The molecule has 5 heteroatoms. The van der Waals surface area contributed by atoms with Gasteiger partial charge >= 0.3 is 0 Å². The Bertz CT molecular complexity index is 600. The summed E-state index contributed by atoms with van der Waals surface area (Å²) in [5.74, 6) is 1.96. The van der Waals surface area contributed by atoms with E-state index >= 15 is 0 Å². The molecule has 0 aliphatic rings. The molecule has 2 N–H and O–H groups in total. The van der Waals surface area contributed by atoms with Crippen LogP contribution in [0.25, 0.3) is 11.0 Å². The van der Waals surface area contributed by atoms with Crippen LogP contribution in [-0.2, 0) is 6.54 Å². The highest BCUT2D eigenvalue weighted by Gasteiger charge is 2.14. The number of nitrogens with two attached hydrogens (primary N) is 1. The number of nitrogens with zero attached hydrogens (tertiary/aromatic N) is 2. The Morgan fingerprint density at radius 3 is 2.65 bits per heavy atom. The molecule has 0 saturated heterocycles. The third kappa shape index (κ3) is 2.71. The van der Waals surface area contributed by atoms with Crippen molar-refractivity contribution in [2.75, 3.05) is 20.2 Å². The Morgan fingerprint density at radius 2 is 2.00 bits per heavy atom. The molecule has 2 rings (SSSR count). The first-order valence-corrected chi connectivity index (χ1v) is 6.80. The Kier molecular flexibility index (Phi) is 4.50. The van der Waals surface area contributed by atoms with Crippen LogP contribution in [0.5, 0.6) is 5.75 Å². The summed E-state index contributed by atoms with van der Waals surface area (Å²) in [5.41, 5.74) is 6.77. The second-order valence-corrected chi connectivity index (χ2v) is 4.40. The lowest BCUT2D eigenvalue weighted by Gasteiger charge is -2.19. The maximum Gasteiger partial charge on any atom is 0.191 e. The fraction of sp³-hybridized carbons (Fsp3) is 0.400. The normalized spacial score (nSPS) is 11.8. The average molecular weight is 275 g/mol. The number of para-hydroxylation sites is 1. The van der Waals surface area contributed by atoms with Gasteiger partial charge in [0.05, 0.1) is 12.5 Å². The van der Waals surface area contributed by atoms with E-state index in [9.17, 15) is 0 Å². The molecule has 0 saturated carbocycles. The molecule has 0 atom stereocenters. The van der Waals surface area contributed by atoms with E-state index in [0.29, 0.717) is 18.3 Å². The van der Waals surface area contributed by atoms with Crippen LogP contribution in [0.4, 0.5) is 0 Å². The predicted molar refractivity (Wildman–Crippen MR) is 81.0 cm³/mol. The first kappa shape index (κ1) is 14.2. The van der Waals surface area contributed by atoms with Gasteiger partial charge in [0.15, 0.2) is 17.5 Å². The van der Waals surface area contributed by atoms with Crippen molar-refractivity contribution in [3.05, 3.63) is 30.0 Å². The molecule has 0 unspecified atom stereocenters. The van der Waals surface area contributed by atoms with Crippen molar-refractivity contribution >= 4 is 16.9 Å². The maximum atomic E-state index is 5.97. The number of guanidine groups is 1. The largest absolute Gasteiger partial charge is 0.492 e. The third-order valence-electron chi connectivity index (χ3n) is 3.29. The molecule has 0 amide bonds. The van der Waals surface area contributed by atoms with E-state index in [1.165, 1.54) is 0 Å². The van der Waals surface area contributed by atoms with E-state index in [1.807, 2.05) is 43.0 Å².